The summed E-state index contributed by atoms with van der Waals surface area (Å²) in [6, 6.07) is 12.6. The van der Waals surface area contributed by atoms with Gasteiger partial charge in [0.05, 0.1) is 29.7 Å². The van der Waals surface area contributed by atoms with Gasteiger partial charge in [0.15, 0.2) is 5.82 Å². The van der Waals surface area contributed by atoms with Crippen LogP contribution >= 0.6 is 11.6 Å². The molecule has 150 valence electrons. The summed E-state index contributed by atoms with van der Waals surface area (Å²) in [6.07, 6.45) is 3.92. The van der Waals surface area contributed by atoms with E-state index in [1.807, 2.05) is 43.3 Å². The van der Waals surface area contributed by atoms with Crippen molar-refractivity contribution < 1.29 is 9.32 Å². The highest BCUT2D eigenvalue weighted by molar-refractivity contribution is 6.31. The van der Waals surface area contributed by atoms with E-state index in [1.54, 1.807) is 23.4 Å². The van der Waals surface area contributed by atoms with Gasteiger partial charge in [-0.2, -0.15) is 20.0 Å². The average molecular weight is 421 g/mol. The van der Waals surface area contributed by atoms with Gasteiger partial charge in [-0.25, -0.2) is 0 Å². The summed E-state index contributed by atoms with van der Waals surface area (Å²) in [6.45, 7) is 2.52. The zero-order valence-electron chi connectivity index (χ0n) is 16.1. The second kappa shape index (κ2) is 7.38. The minimum atomic E-state index is -0.242. The highest BCUT2D eigenvalue weighted by Gasteiger charge is 2.38. The lowest BCUT2D eigenvalue weighted by atomic mass is 10.00. The summed E-state index contributed by atoms with van der Waals surface area (Å²) in [7, 11) is 0. The Hall–Kier alpha value is -3.52. The highest BCUT2D eigenvalue weighted by Crippen LogP contribution is 2.35. The van der Waals surface area contributed by atoms with Crippen molar-refractivity contribution in [1.29, 1.82) is 0 Å². The van der Waals surface area contributed by atoms with Crippen LogP contribution in [0.5, 0.6) is 0 Å². The van der Waals surface area contributed by atoms with Crippen molar-refractivity contribution in [1.82, 2.24) is 30.0 Å². The number of rotatable bonds is 4. The molecular weight excluding hydrogens is 404 g/mol. The van der Waals surface area contributed by atoms with E-state index in [1.165, 1.54) is 4.80 Å². The van der Waals surface area contributed by atoms with Crippen molar-refractivity contribution in [3.63, 3.8) is 0 Å². The fourth-order valence-electron chi connectivity index (χ4n) is 3.54. The second-order valence-corrected chi connectivity index (χ2v) is 7.42. The summed E-state index contributed by atoms with van der Waals surface area (Å²) >= 11 is 6.21. The fraction of sp³-hybridized carbons (Fsp3) is 0.190. The Labute approximate surface area is 177 Å². The Bertz CT molecular complexity index is 1220. The average Bonchev–Trinajstić information content (AvgIpc) is 3.42. The number of benzene rings is 2. The molecule has 2 aromatic carbocycles. The van der Waals surface area contributed by atoms with Crippen molar-refractivity contribution in [2.75, 3.05) is 6.54 Å². The Morgan fingerprint density at radius 2 is 1.93 bits per heavy atom. The lowest BCUT2D eigenvalue weighted by molar-refractivity contribution is 0.0435. The van der Waals surface area contributed by atoms with Gasteiger partial charge in [-0.1, -0.05) is 35.0 Å². The first-order valence-corrected chi connectivity index (χ1v) is 9.87. The first-order valence-electron chi connectivity index (χ1n) is 9.49. The summed E-state index contributed by atoms with van der Waals surface area (Å²) in [4.78, 5) is 21.0. The molecule has 30 heavy (non-hydrogen) atoms. The number of hydrogen-bond acceptors (Lipinski definition) is 6. The van der Waals surface area contributed by atoms with Gasteiger partial charge in [-0.3, -0.25) is 4.79 Å². The first-order chi connectivity index (χ1) is 14.6. The quantitative estimate of drug-likeness (QED) is 0.498. The Kier molecular flexibility index (Phi) is 4.55. The summed E-state index contributed by atoms with van der Waals surface area (Å²) in [5, 5.41) is 13.1. The fourth-order valence-corrected chi connectivity index (χ4v) is 3.72. The molecule has 1 fully saturated rings. The number of likely N-dealkylation sites (tertiary alicyclic amines) is 1. The molecule has 0 bridgehead atoms. The van der Waals surface area contributed by atoms with Gasteiger partial charge in [-0.15, -0.1) is 0 Å². The number of para-hydroxylation sites is 1. The van der Waals surface area contributed by atoms with E-state index in [0.717, 1.165) is 17.5 Å². The molecule has 0 N–H and O–H groups in total. The third-order valence-electron chi connectivity index (χ3n) is 5.29. The number of carbonyl (C=O) groups is 1. The number of hydrogen-bond donors (Lipinski definition) is 0. The predicted octanol–water partition coefficient (Wildman–Crippen LogP) is 3.87. The molecule has 1 amide bonds. The second-order valence-electron chi connectivity index (χ2n) is 7.01. The van der Waals surface area contributed by atoms with Crippen LogP contribution in [-0.4, -0.2) is 42.5 Å². The van der Waals surface area contributed by atoms with Crippen LogP contribution in [0.4, 0.5) is 0 Å². The van der Waals surface area contributed by atoms with Gasteiger partial charge in [0.2, 0.25) is 0 Å². The van der Waals surface area contributed by atoms with E-state index in [4.69, 9.17) is 16.1 Å². The maximum atomic E-state index is 13.3. The monoisotopic (exact) mass is 420 g/mol. The molecule has 0 radical (unpaired) electrons. The molecule has 0 spiro atoms. The van der Waals surface area contributed by atoms with Crippen LogP contribution in [0.1, 0.15) is 34.2 Å². The van der Waals surface area contributed by atoms with Crippen molar-refractivity contribution in [3.05, 3.63) is 76.8 Å². The topological polar surface area (TPSA) is 89.9 Å². The highest BCUT2D eigenvalue weighted by atomic mass is 35.5. The maximum Gasteiger partial charge on any atom is 0.258 e. The smallest absolute Gasteiger partial charge is 0.258 e. The minimum Gasteiger partial charge on any atom is -0.334 e. The van der Waals surface area contributed by atoms with Crippen LogP contribution in [0.2, 0.25) is 5.02 Å². The van der Waals surface area contributed by atoms with Gasteiger partial charge in [0.1, 0.15) is 0 Å². The van der Waals surface area contributed by atoms with E-state index < -0.39 is 0 Å². The standard InChI is InChI=1S/C21H17ClN6O2/c1-13-14(6-4-7-16(13)22)20-25-19(26-30-20)18-9-12-27(18)21(29)15-5-2-3-8-17(15)28-23-10-11-24-28/h2-8,10-11,18H,9,12H2,1H3. The van der Waals surface area contributed by atoms with Crippen LogP contribution in [-0.2, 0) is 0 Å². The van der Waals surface area contributed by atoms with Crippen molar-refractivity contribution in [2.45, 2.75) is 19.4 Å². The maximum absolute atomic E-state index is 13.3. The summed E-state index contributed by atoms with van der Waals surface area (Å²) in [5.74, 6) is 0.758. The molecule has 0 aliphatic carbocycles. The van der Waals surface area contributed by atoms with Gasteiger partial charge >= 0.3 is 0 Å². The molecule has 9 heteroatoms. The van der Waals surface area contributed by atoms with Crippen LogP contribution in [0.25, 0.3) is 17.1 Å². The zero-order valence-corrected chi connectivity index (χ0v) is 16.8. The third-order valence-corrected chi connectivity index (χ3v) is 5.70. The number of halogens is 1. The Morgan fingerprint density at radius 3 is 2.70 bits per heavy atom. The molecule has 2 aromatic heterocycles. The predicted molar refractivity (Wildman–Crippen MR) is 109 cm³/mol. The molecule has 1 atom stereocenters. The van der Waals surface area contributed by atoms with E-state index in [9.17, 15) is 4.79 Å². The zero-order chi connectivity index (χ0) is 20.7. The molecule has 5 rings (SSSR count). The Balaban J connectivity index is 1.42. The number of aromatic nitrogens is 5. The molecule has 1 unspecified atom stereocenters. The van der Waals surface area contributed by atoms with Gasteiger partial charge in [0.25, 0.3) is 11.8 Å². The van der Waals surface area contributed by atoms with Crippen LogP contribution in [0, 0.1) is 6.92 Å². The normalized spacial score (nSPS) is 15.8. The largest absolute Gasteiger partial charge is 0.334 e. The van der Waals surface area contributed by atoms with E-state index in [0.29, 0.717) is 34.5 Å². The molecule has 4 aromatic rings. The molecule has 8 nitrogen and oxygen atoms in total. The van der Waals surface area contributed by atoms with E-state index in [-0.39, 0.29) is 11.9 Å². The van der Waals surface area contributed by atoms with Crippen molar-refractivity contribution >= 4 is 17.5 Å². The van der Waals surface area contributed by atoms with Gasteiger partial charge in [0, 0.05) is 17.1 Å². The molecule has 1 aliphatic rings. The molecule has 1 saturated heterocycles. The summed E-state index contributed by atoms with van der Waals surface area (Å²) in [5.41, 5.74) is 2.81. The minimum absolute atomic E-state index is 0.121. The van der Waals surface area contributed by atoms with Gasteiger partial charge < -0.3 is 9.42 Å². The van der Waals surface area contributed by atoms with Crippen molar-refractivity contribution in [3.8, 4) is 17.1 Å². The van der Waals surface area contributed by atoms with E-state index in [2.05, 4.69) is 20.3 Å². The first kappa shape index (κ1) is 18.5. The van der Waals surface area contributed by atoms with Gasteiger partial charge in [-0.05, 0) is 43.2 Å². The van der Waals surface area contributed by atoms with E-state index >= 15 is 0 Å². The molecule has 3 heterocycles. The number of amides is 1. The summed E-state index contributed by atoms with van der Waals surface area (Å²) < 4.78 is 5.48. The Morgan fingerprint density at radius 1 is 1.13 bits per heavy atom. The van der Waals surface area contributed by atoms with Crippen molar-refractivity contribution in [2.24, 2.45) is 0 Å². The van der Waals surface area contributed by atoms with Crippen LogP contribution < -0.4 is 0 Å². The molecular formula is C21H17ClN6O2. The lowest BCUT2D eigenvalue weighted by Gasteiger charge is -2.39. The SMILES string of the molecule is Cc1c(Cl)cccc1-c1nc(C2CCN2C(=O)c2ccccc2-n2nccn2)no1. The van der Waals surface area contributed by atoms with Crippen LogP contribution in [0.15, 0.2) is 59.4 Å². The van der Waals surface area contributed by atoms with Crippen LogP contribution in [0.3, 0.4) is 0 Å². The molecule has 1 aliphatic heterocycles. The lowest BCUT2D eigenvalue weighted by Crippen LogP contribution is -2.45. The third kappa shape index (κ3) is 3.05. The number of nitrogens with zero attached hydrogens (tertiary/aromatic N) is 6. The number of carbonyl (C=O) groups excluding carboxylic acids is 1. The molecule has 0 saturated carbocycles.